The Morgan fingerprint density at radius 3 is 2.67 bits per heavy atom. The molecule has 1 unspecified atom stereocenters. The molecule has 1 aromatic rings. The van der Waals surface area contributed by atoms with Gasteiger partial charge in [0.25, 0.3) is 0 Å². The molecule has 0 radical (unpaired) electrons. The van der Waals surface area contributed by atoms with Gasteiger partial charge in [-0.3, -0.25) is 0 Å². The van der Waals surface area contributed by atoms with Crippen molar-refractivity contribution in [3.05, 3.63) is 28.2 Å². The van der Waals surface area contributed by atoms with Gasteiger partial charge in [0, 0.05) is 10.5 Å². The number of rotatable bonds is 3. The van der Waals surface area contributed by atoms with Crippen LogP contribution in [0, 0.1) is 5.41 Å². The van der Waals surface area contributed by atoms with Crippen molar-refractivity contribution in [1.29, 1.82) is 0 Å². The summed E-state index contributed by atoms with van der Waals surface area (Å²) in [5, 5.41) is 14.7. The molecule has 1 atom stereocenters. The molecule has 3 N–H and O–H groups in total. The lowest BCUT2D eigenvalue weighted by atomic mass is 9.87. The van der Waals surface area contributed by atoms with Crippen molar-refractivity contribution in [2.45, 2.75) is 39.2 Å². The van der Waals surface area contributed by atoms with E-state index < -0.39 is 5.97 Å². The van der Waals surface area contributed by atoms with Gasteiger partial charge in [0.15, 0.2) is 0 Å². The second-order valence-corrected chi connectivity index (χ2v) is 6.94. The lowest BCUT2D eigenvalue weighted by Crippen LogP contribution is -2.43. The summed E-state index contributed by atoms with van der Waals surface area (Å²) in [5.41, 5.74) is 0.425. The number of carbonyl (C=O) groups excluding carboxylic acids is 1. The molecule has 1 fully saturated rings. The van der Waals surface area contributed by atoms with Crippen LogP contribution >= 0.6 is 15.9 Å². The monoisotopic (exact) mass is 354 g/mol. The van der Waals surface area contributed by atoms with Gasteiger partial charge in [-0.1, -0.05) is 36.2 Å². The molecule has 1 saturated carbocycles. The third-order valence-electron chi connectivity index (χ3n) is 4.02. The summed E-state index contributed by atoms with van der Waals surface area (Å²) >= 11 is 3.28. The molecule has 0 aromatic heterocycles. The first-order valence-electron chi connectivity index (χ1n) is 6.90. The van der Waals surface area contributed by atoms with E-state index in [2.05, 4.69) is 40.4 Å². The second kappa shape index (κ2) is 6.05. The number of halogens is 1. The van der Waals surface area contributed by atoms with Gasteiger partial charge >= 0.3 is 12.0 Å². The number of amides is 2. The summed E-state index contributed by atoms with van der Waals surface area (Å²) in [6.45, 7) is 4.26. The molecule has 114 valence electrons. The number of urea groups is 1. The number of aromatic carboxylic acids is 1. The number of benzene rings is 1. The zero-order chi connectivity index (χ0) is 15.6. The van der Waals surface area contributed by atoms with Crippen LogP contribution in [-0.4, -0.2) is 23.1 Å². The van der Waals surface area contributed by atoms with Gasteiger partial charge < -0.3 is 15.7 Å². The van der Waals surface area contributed by atoms with Crippen molar-refractivity contribution < 1.29 is 14.7 Å². The van der Waals surface area contributed by atoms with Crippen LogP contribution in [-0.2, 0) is 0 Å². The topological polar surface area (TPSA) is 78.4 Å². The van der Waals surface area contributed by atoms with Crippen LogP contribution in [0.5, 0.6) is 0 Å². The maximum absolute atomic E-state index is 12.1. The largest absolute Gasteiger partial charge is 0.478 e. The summed E-state index contributed by atoms with van der Waals surface area (Å²) in [5.74, 6) is -1.07. The van der Waals surface area contributed by atoms with E-state index in [1.807, 2.05) is 0 Å². The first-order valence-corrected chi connectivity index (χ1v) is 7.69. The summed E-state index contributed by atoms with van der Waals surface area (Å²) < 4.78 is 0.712. The van der Waals surface area contributed by atoms with Crippen molar-refractivity contribution in [1.82, 2.24) is 5.32 Å². The molecule has 2 rings (SSSR count). The number of carbonyl (C=O) groups is 2. The Morgan fingerprint density at radius 1 is 1.38 bits per heavy atom. The van der Waals surface area contributed by atoms with E-state index in [0.29, 0.717) is 4.47 Å². The number of carboxylic acids is 1. The smallest absolute Gasteiger partial charge is 0.337 e. The molecular weight excluding hydrogens is 336 g/mol. The molecule has 0 heterocycles. The van der Waals surface area contributed by atoms with Gasteiger partial charge in [0.05, 0.1) is 11.3 Å². The van der Waals surface area contributed by atoms with Crippen LogP contribution in [0.1, 0.15) is 43.5 Å². The van der Waals surface area contributed by atoms with Gasteiger partial charge in [-0.25, -0.2) is 9.59 Å². The Kier molecular flexibility index (Phi) is 4.56. The fourth-order valence-corrected chi connectivity index (χ4v) is 3.08. The van der Waals surface area contributed by atoms with Crippen molar-refractivity contribution in [3.8, 4) is 0 Å². The van der Waals surface area contributed by atoms with Crippen LogP contribution in [0.4, 0.5) is 10.5 Å². The fraction of sp³-hybridized carbons (Fsp3) is 0.467. The molecule has 0 spiro atoms. The van der Waals surface area contributed by atoms with Crippen LogP contribution in [0.25, 0.3) is 0 Å². The summed E-state index contributed by atoms with van der Waals surface area (Å²) in [6, 6.07) is 4.42. The highest BCUT2D eigenvalue weighted by atomic mass is 79.9. The van der Waals surface area contributed by atoms with Gasteiger partial charge in [-0.15, -0.1) is 0 Å². The van der Waals surface area contributed by atoms with Crippen molar-refractivity contribution >= 4 is 33.6 Å². The molecule has 0 bridgehead atoms. The van der Waals surface area contributed by atoms with Gasteiger partial charge in [0.1, 0.15) is 0 Å². The lowest BCUT2D eigenvalue weighted by molar-refractivity contribution is 0.0698. The molecule has 1 aliphatic carbocycles. The highest BCUT2D eigenvalue weighted by molar-refractivity contribution is 9.10. The van der Waals surface area contributed by atoms with Crippen molar-refractivity contribution in [2.24, 2.45) is 5.41 Å². The SMILES string of the molecule is CC1(C)CCCC1NC(=O)Nc1cc(Br)ccc1C(=O)O. The highest BCUT2D eigenvalue weighted by Gasteiger charge is 2.35. The Bertz CT molecular complexity index is 572. The van der Waals surface area contributed by atoms with E-state index >= 15 is 0 Å². The standard InChI is InChI=1S/C15H19BrN2O3/c1-15(2)7-3-4-12(15)18-14(21)17-11-8-9(16)5-6-10(11)13(19)20/h5-6,8,12H,3-4,7H2,1-2H3,(H,19,20)(H2,17,18,21). The maximum atomic E-state index is 12.1. The molecule has 2 amide bonds. The average Bonchev–Trinajstić information content (AvgIpc) is 2.68. The Balaban J connectivity index is 2.09. The fourth-order valence-electron chi connectivity index (χ4n) is 2.72. The molecule has 0 saturated heterocycles. The third kappa shape index (κ3) is 3.75. The lowest BCUT2D eigenvalue weighted by Gasteiger charge is -2.27. The summed E-state index contributed by atoms with van der Waals surface area (Å²) in [4.78, 5) is 23.3. The molecule has 6 heteroatoms. The van der Waals surface area contributed by atoms with E-state index in [0.717, 1.165) is 19.3 Å². The van der Waals surface area contributed by atoms with Crippen LogP contribution in [0.2, 0.25) is 0 Å². The first kappa shape index (κ1) is 15.8. The molecule has 0 aliphatic heterocycles. The Hall–Kier alpha value is -1.56. The predicted octanol–water partition coefficient (Wildman–Crippen LogP) is 3.85. The normalized spacial score (nSPS) is 20.0. The van der Waals surface area contributed by atoms with Crippen molar-refractivity contribution in [2.75, 3.05) is 5.32 Å². The van der Waals surface area contributed by atoms with Crippen LogP contribution in [0.3, 0.4) is 0 Å². The molecule has 21 heavy (non-hydrogen) atoms. The number of carboxylic acid groups (broad SMARTS) is 1. The summed E-state index contributed by atoms with van der Waals surface area (Å²) in [6.07, 6.45) is 3.12. The minimum atomic E-state index is -1.07. The second-order valence-electron chi connectivity index (χ2n) is 6.03. The molecular formula is C15H19BrN2O3. The van der Waals surface area contributed by atoms with E-state index in [-0.39, 0.29) is 28.7 Å². The van der Waals surface area contributed by atoms with E-state index in [9.17, 15) is 9.59 Å². The number of nitrogens with one attached hydrogen (secondary N) is 2. The maximum Gasteiger partial charge on any atom is 0.337 e. The Morgan fingerprint density at radius 2 is 2.10 bits per heavy atom. The predicted molar refractivity (Wildman–Crippen MR) is 84.7 cm³/mol. The van der Waals surface area contributed by atoms with Crippen molar-refractivity contribution in [3.63, 3.8) is 0 Å². The zero-order valence-electron chi connectivity index (χ0n) is 12.1. The molecule has 5 nitrogen and oxygen atoms in total. The zero-order valence-corrected chi connectivity index (χ0v) is 13.7. The third-order valence-corrected chi connectivity index (χ3v) is 4.52. The quantitative estimate of drug-likeness (QED) is 0.771. The van der Waals surface area contributed by atoms with Gasteiger partial charge in [-0.05, 0) is 36.5 Å². The average molecular weight is 355 g/mol. The minimum absolute atomic E-state index is 0.0685. The van der Waals surface area contributed by atoms with E-state index in [4.69, 9.17) is 5.11 Å². The number of anilines is 1. The van der Waals surface area contributed by atoms with Gasteiger partial charge in [0.2, 0.25) is 0 Å². The van der Waals surface area contributed by atoms with E-state index in [1.165, 1.54) is 6.07 Å². The highest BCUT2D eigenvalue weighted by Crippen LogP contribution is 2.37. The summed E-state index contributed by atoms with van der Waals surface area (Å²) in [7, 11) is 0. The van der Waals surface area contributed by atoms with Gasteiger partial charge in [-0.2, -0.15) is 0 Å². The minimum Gasteiger partial charge on any atom is -0.478 e. The Labute approximate surface area is 132 Å². The number of hydrogen-bond donors (Lipinski definition) is 3. The van der Waals surface area contributed by atoms with Crippen LogP contribution in [0.15, 0.2) is 22.7 Å². The van der Waals surface area contributed by atoms with E-state index in [1.54, 1.807) is 12.1 Å². The van der Waals surface area contributed by atoms with Crippen LogP contribution < -0.4 is 10.6 Å². The number of hydrogen-bond acceptors (Lipinski definition) is 2. The first-order chi connectivity index (χ1) is 9.79. The molecule has 1 aliphatic rings. The molecule has 1 aromatic carbocycles.